The van der Waals surface area contributed by atoms with Crippen molar-refractivity contribution >= 4 is 17.5 Å². The Morgan fingerprint density at radius 3 is 2.95 bits per heavy atom. The highest BCUT2D eigenvalue weighted by Crippen LogP contribution is 2.22. The van der Waals surface area contributed by atoms with Gasteiger partial charge in [-0.2, -0.15) is 5.10 Å². The standard InChI is InChI=1S/C12H13FN4O2/c1-3-8-9(6-17(2)16-8)15-11-10(13)7(12(18)19)4-5-14-11/h4-6H,3H2,1-2H3,(H,14,15)(H,18,19). The molecular weight excluding hydrogens is 251 g/mol. The maximum absolute atomic E-state index is 13.9. The molecule has 0 aromatic carbocycles. The lowest BCUT2D eigenvalue weighted by Gasteiger charge is -2.07. The second-order valence-corrected chi connectivity index (χ2v) is 3.97. The fourth-order valence-electron chi connectivity index (χ4n) is 1.72. The van der Waals surface area contributed by atoms with E-state index in [1.807, 2.05) is 6.92 Å². The van der Waals surface area contributed by atoms with Crippen LogP contribution in [0, 0.1) is 5.82 Å². The summed E-state index contributed by atoms with van der Waals surface area (Å²) in [7, 11) is 1.75. The van der Waals surface area contributed by atoms with E-state index in [4.69, 9.17) is 5.11 Å². The van der Waals surface area contributed by atoms with Crippen LogP contribution in [0.4, 0.5) is 15.9 Å². The highest BCUT2D eigenvalue weighted by atomic mass is 19.1. The van der Waals surface area contributed by atoms with E-state index in [1.54, 1.807) is 17.9 Å². The summed E-state index contributed by atoms with van der Waals surface area (Å²) in [5.74, 6) is -2.34. The maximum Gasteiger partial charge on any atom is 0.338 e. The molecular formula is C12H13FN4O2. The van der Waals surface area contributed by atoms with Gasteiger partial charge in [-0.25, -0.2) is 14.2 Å². The van der Waals surface area contributed by atoms with Crippen LogP contribution in [-0.4, -0.2) is 25.8 Å². The summed E-state index contributed by atoms with van der Waals surface area (Å²) < 4.78 is 15.5. The third-order valence-corrected chi connectivity index (χ3v) is 2.61. The summed E-state index contributed by atoms with van der Waals surface area (Å²) in [6, 6.07) is 1.12. The Balaban J connectivity index is 2.38. The first-order chi connectivity index (χ1) is 9.02. The van der Waals surface area contributed by atoms with Gasteiger partial charge in [0.2, 0.25) is 0 Å². The Labute approximate surface area is 108 Å². The highest BCUT2D eigenvalue weighted by Gasteiger charge is 2.16. The molecule has 6 nitrogen and oxygen atoms in total. The van der Waals surface area contributed by atoms with E-state index >= 15 is 0 Å². The van der Waals surface area contributed by atoms with Gasteiger partial charge in [-0.15, -0.1) is 0 Å². The summed E-state index contributed by atoms with van der Waals surface area (Å²) in [4.78, 5) is 14.7. The van der Waals surface area contributed by atoms with Gasteiger partial charge in [-0.1, -0.05) is 6.92 Å². The van der Waals surface area contributed by atoms with Crippen molar-refractivity contribution < 1.29 is 14.3 Å². The number of carboxylic acids is 1. The molecule has 0 spiro atoms. The number of carbonyl (C=O) groups is 1. The quantitative estimate of drug-likeness (QED) is 0.882. The van der Waals surface area contributed by atoms with Crippen molar-refractivity contribution in [3.8, 4) is 0 Å². The molecule has 2 aromatic heterocycles. The van der Waals surface area contributed by atoms with Crippen molar-refractivity contribution in [2.24, 2.45) is 7.05 Å². The first kappa shape index (κ1) is 13.0. The van der Waals surface area contributed by atoms with E-state index in [2.05, 4.69) is 15.4 Å². The van der Waals surface area contributed by atoms with Crippen LogP contribution in [0.2, 0.25) is 0 Å². The smallest absolute Gasteiger partial charge is 0.338 e. The summed E-state index contributed by atoms with van der Waals surface area (Å²) in [6.07, 6.45) is 3.60. The molecule has 100 valence electrons. The predicted molar refractivity (Wildman–Crippen MR) is 67.0 cm³/mol. The number of pyridine rings is 1. The summed E-state index contributed by atoms with van der Waals surface area (Å²) in [5, 5.41) is 15.8. The van der Waals surface area contributed by atoms with Gasteiger partial charge in [0.1, 0.15) is 5.56 Å². The summed E-state index contributed by atoms with van der Waals surface area (Å²) >= 11 is 0. The third kappa shape index (κ3) is 2.54. The topological polar surface area (TPSA) is 80.0 Å². The van der Waals surface area contributed by atoms with Crippen LogP contribution < -0.4 is 5.32 Å². The van der Waals surface area contributed by atoms with Crippen LogP contribution in [0.15, 0.2) is 18.5 Å². The molecule has 0 saturated heterocycles. The number of carboxylic acid groups (broad SMARTS) is 1. The lowest BCUT2D eigenvalue weighted by atomic mass is 10.2. The van der Waals surface area contributed by atoms with E-state index in [0.717, 1.165) is 11.8 Å². The number of anilines is 2. The minimum atomic E-state index is -1.33. The zero-order valence-corrected chi connectivity index (χ0v) is 10.5. The number of rotatable bonds is 4. The first-order valence-electron chi connectivity index (χ1n) is 5.70. The van der Waals surface area contributed by atoms with Crippen molar-refractivity contribution in [1.29, 1.82) is 0 Å². The number of nitrogens with one attached hydrogen (secondary N) is 1. The number of aromatic nitrogens is 3. The molecule has 0 bridgehead atoms. The van der Waals surface area contributed by atoms with E-state index < -0.39 is 17.3 Å². The second-order valence-electron chi connectivity index (χ2n) is 3.97. The minimum Gasteiger partial charge on any atom is -0.478 e. The Morgan fingerprint density at radius 2 is 2.32 bits per heavy atom. The van der Waals surface area contributed by atoms with Crippen LogP contribution in [-0.2, 0) is 13.5 Å². The molecule has 2 rings (SSSR count). The third-order valence-electron chi connectivity index (χ3n) is 2.61. The Kier molecular flexibility index (Phi) is 3.46. The molecule has 2 N–H and O–H groups in total. The Morgan fingerprint density at radius 1 is 1.58 bits per heavy atom. The van der Waals surface area contributed by atoms with Gasteiger partial charge in [-0.05, 0) is 12.5 Å². The average Bonchev–Trinajstić information content (AvgIpc) is 2.71. The minimum absolute atomic E-state index is 0.123. The van der Waals surface area contributed by atoms with Gasteiger partial charge < -0.3 is 10.4 Å². The number of aromatic carboxylic acids is 1. The van der Waals surface area contributed by atoms with Crippen molar-refractivity contribution in [2.75, 3.05) is 5.32 Å². The Hall–Kier alpha value is -2.44. The number of nitrogens with zero attached hydrogens (tertiary/aromatic N) is 3. The molecule has 0 aliphatic heterocycles. The van der Waals surface area contributed by atoms with Gasteiger partial charge in [0.05, 0.1) is 11.4 Å². The van der Waals surface area contributed by atoms with Crippen LogP contribution in [0.5, 0.6) is 0 Å². The van der Waals surface area contributed by atoms with Gasteiger partial charge >= 0.3 is 5.97 Å². The van der Waals surface area contributed by atoms with E-state index in [-0.39, 0.29) is 5.82 Å². The van der Waals surface area contributed by atoms with Crippen molar-refractivity contribution in [2.45, 2.75) is 13.3 Å². The first-order valence-corrected chi connectivity index (χ1v) is 5.70. The molecule has 0 radical (unpaired) electrons. The highest BCUT2D eigenvalue weighted by molar-refractivity contribution is 5.89. The lowest BCUT2D eigenvalue weighted by molar-refractivity contribution is 0.0692. The van der Waals surface area contributed by atoms with Crippen LogP contribution in [0.25, 0.3) is 0 Å². The van der Waals surface area contributed by atoms with Gasteiger partial charge in [0, 0.05) is 19.4 Å². The van der Waals surface area contributed by atoms with Gasteiger partial charge in [-0.3, -0.25) is 4.68 Å². The lowest BCUT2D eigenvalue weighted by Crippen LogP contribution is -2.06. The molecule has 0 unspecified atom stereocenters. The normalized spacial score (nSPS) is 10.5. The molecule has 7 heteroatoms. The summed E-state index contributed by atoms with van der Waals surface area (Å²) in [6.45, 7) is 1.92. The van der Waals surface area contributed by atoms with Crippen molar-refractivity contribution in [3.63, 3.8) is 0 Å². The molecule has 0 atom stereocenters. The SMILES string of the molecule is CCc1nn(C)cc1Nc1nccc(C(=O)O)c1F. The fraction of sp³-hybridized carbons (Fsp3) is 0.250. The monoisotopic (exact) mass is 264 g/mol. The van der Waals surface area contributed by atoms with Crippen LogP contribution >= 0.6 is 0 Å². The zero-order chi connectivity index (χ0) is 14.0. The number of aryl methyl sites for hydroxylation is 2. The van der Waals surface area contributed by atoms with Crippen LogP contribution in [0.3, 0.4) is 0 Å². The second kappa shape index (κ2) is 5.05. The largest absolute Gasteiger partial charge is 0.478 e. The average molecular weight is 264 g/mol. The molecule has 2 aromatic rings. The predicted octanol–water partition coefficient (Wildman–Crippen LogP) is 1.96. The van der Waals surface area contributed by atoms with E-state index in [1.165, 1.54) is 6.20 Å². The van der Waals surface area contributed by atoms with E-state index in [9.17, 15) is 9.18 Å². The Bertz CT molecular complexity index is 624. The molecule has 19 heavy (non-hydrogen) atoms. The molecule has 0 aliphatic rings. The van der Waals surface area contributed by atoms with E-state index in [0.29, 0.717) is 12.1 Å². The molecule has 0 amide bonds. The number of hydrogen-bond acceptors (Lipinski definition) is 4. The van der Waals surface area contributed by atoms with Gasteiger partial charge in [0.25, 0.3) is 0 Å². The zero-order valence-electron chi connectivity index (χ0n) is 10.5. The number of halogens is 1. The molecule has 0 aliphatic carbocycles. The molecule has 0 fully saturated rings. The fourth-order valence-corrected chi connectivity index (χ4v) is 1.72. The number of hydrogen-bond donors (Lipinski definition) is 2. The van der Waals surface area contributed by atoms with Crippen molar-refractivity contribution in [1.82, 2.24) is 14.8 Å². The van der Waals surface area contributed by atoms with Gasteiger partial charge in [0.15, 0.2) is 11.6 Å². The van der Waals surface area contributed by atoms with Crippen LogP contribution in [0.1, 0.15) is 23.0 Å². The summed E-state index contributed by atoms with van der Waals surface area (Å²) in [5.41, 5.74) is 0.947. The molecule has 0 saturated carbocycles. The van der Waals surface area contributed by atoms with Crippen molar-refractivity contribution in [3.05, 3.63) is 35.5 Å². The molecule has 2 heterocycles. The maximum atomic E-state index is 13.9.